The van der Waals surface area contributed by atoms with Gasteiger partial charge in [0.25, 0.3) is 0 Å². The van der Waals surface area contributed by atoms with Gasteiger partial charge in [0.2, 0.25) is 17.7 Å². The first kappa shape index (κ1) is 14.5. The van der Waals surface area contributed by atoms with Gasteiger partial charge in [-0.1, -0.05) is 0 Å². The molecule has 0 spiro atoms. The minimum atomic E-state index is -0.839. The van der Waals surface area contributed by atoms with Crippen molar-refractivity contribution in [3.05, 3.63) is 0 Å². The van der Waals surface area contributed by atoms with Gasteiger partial charge in [-0.25, -0.2) is 0 Å². The van der Waals surface area contributed by atoms with Crippen molar-refractivity contribution < 1.29 is 14.4 Å². The minimum absolute atomic E-state index is 0.113. The second kappa shape index (κ2) is 5.37. The van der Waals surface area contributed by atoms with Gasteiger partial charge in [0.05, 0.1) is 0 Å². The molecule has 1 fully saturated rings. The van der Waals surface area contributed by atoms with Crippen molar-refractivity contribution in [2.45, 2.75) is 45.2 Å². The SMILES string of the molecule is CNC(=O)[C@H](C)NC(=O)[C@]1(C)CCCN1C(C)=O. The molecule has 2 atom stereocenters. The summed E-state index contributed by atoms with van der Waals surface area (Å²) in [5, 5.41) is 5.13. The number of carbonyl (C=O) groups excluding carboxylic acids is 3. The van der Waals surface area contributed by atoms with Crippen molar-refractivity contribution in [2.24, 2.45) is 0 Å². The first-order valence-electron chi connectivity index (χ1n) is 6.13. The highest BCUT2D eigenvalue weighted by atomic mass is 16.2. The summed E-state index contributed by atoms with van der Waals surface area (Å²) in [5.74, 6) is -0.636. The first-order valence-corrected chi connectivity index (χ1v) is 6.13. The predicted molar refractivity (Wildman–Crippen MR) is 66.7 cm³/mol. The third kappa shape index (κ3) is 2.63. The van der Waals surface area contributed by atoms with E-state index in [1.165, 1.54) is 14.0 Å². The molecule has 1 aliphatic rings. The highest BCUT2D eigenvalue weighted by Crippen LogP contribution is 2.29. The number of nitrogens with one attached hydrogen (secondary N) is 2. The maximum absolute atomic E-state index is 12.2. The van der Waals surface area contributed by atoms with Gasteiger partial charge in [-0.3, -0.25) is 14.4 Å². The summed E-state index contributed by atoms with van der Waals surface area (Å²) in [5.41, 5.74) is -0.839. The Balaban J connectivity index is 2.76. The van der Waals surface area contributed by atoms with Crippen LogP contribution in [0.5, 0.6) is 0 Å². The Labute approximate surface area is 107 Å². The fourth-order valence-electron chi connectivity index (χ4n) is 2.34. The molecule has 0 aromatic carbocycles. The maximum Gasteiger partial charge on any atom is 0.246 e. The van der Waals surface area contributed by atoms with Crippen LogP contribution in [-0.4, -0.2) is 47.8 Å². The lowest BCUT2D eigenvalue weighted by molar-refractivity contribution is -0.143. The van der Waals surface area contributed by atoms with E-state index in [0.29, 0.717) is 13.0 Å². The van der Waals surface area contributed by atoms with Crippen molar-refractivity contribution in [1.29, 1.82) is 0 Å². The number of hydrogen-bond donors (Lipinski definition) is 2. The van der Waals surface area contributed by atoms with Crippen molar-refractivity contribution in [3.63, 3.8) is 0 Å². The Bertz CT molecular complexity index is 370. The fraction of sp³-hybridized carbons (Fsp3) is 0.750. The number of rotatable bonds is 3. The van der Waals surface area contributed by atoms with Crippen LogP contribution in [0, 0.1) is 0 Å². The molecule has 0 aliphatic carbocycles. The van der Waals surface area contributed by atoms with E-state index in [4.69, 9.17) is 0 Å². The summed E-state index contributed by atoms with van der Waals surface area (Å²) in [7, 11) is 1.52. The second-order valence-corrected chi connectivity index (χ2v) is 4.86. The van der Waals surface area contributed by atoms with Gasteiger partial charge in [0, 0.05) is 20.5 Å². The molecule has 0 bridgehead atoms. The Morgan fingerprint density at radius 1 is 1.33 bits per heavy atom. The zero-order chi connectivity index (χ0) is 13.9. The molecule has 0 unspecified atom stereocenters. The highest BCUT2D eigenvalue weighted by Gasteiger charge is 2.45. The third-order valence-corrected chi connectivity index (χ3v) is 3.50. The van der Waals surface area contributed by atoms with E-state index in [1.807, 2.05) is 0 Å². The Morgan fingerprint density at radius 2 is 1.94 bits per heavy atom. The number of carbonyl (C=O) groups is 3. The van der Waals surface area contributed by atoms with E-state index in [2.05, 4.69) is 10.6 Å². The largest absolute Gasteiger partial charge is 0.357 e. The monoisotopic (exact) mass is 255 g/mol. The molecule has 18 heavy (non-hydrogen) atoms. The van der Waals surface area contributed by atoms with Crippen LogP contribution in [0.1, 0.15) is 33.6 Å². The van der Waals surface area contributed by atoms with Crippen LogP contribution >= 0.6 is 0 Å². The van der Waals surface area contributed by atoms with Gasteiger partial charge in [-0.05, 0) is 26.7 Å². The molecule has 1 saturated heterocycles. The van der Waals surface area contributed by atoms with Crippen molar-refractivity contribution in [3.8, 4) is 0 Å². The number of nitrogens with zero attached hydrogens (tertiary/aromatic N) is 1. The van der Waals surface area contributed by atoms with E-state index >= 15 is 0 Å². The van der Waals surface area contributed by atoms with Crippen molar-refractivity contribution in [1.82, 2.24) is 15.5 Å². The van der Waals surface area contributed by atoms with Crippen molar-refractivity contribution in [2.75, 3.05) is 13.6 Å². The molecule has 0 radical (unpaired) electrons. The van der Waals surface area contributed by atoms with Gasteiger partial charge in [0.1, 0.15) is 11.6 Å². The summed E-state index contributed by atoms with van der Waals surface area (Å²) < 4.78 is 0. The zero-order valence-corrected chi connectivity index (χ0v) is 11.4. The maximum atomic E-state index is 12.2. The number of hydrogen-bond acceptors (Lipinski definition) is 3. The second-order valence-electron chi connectivity index (χ2n) is 4.86. The summed E-state index contributed by atoms with van der Waals surface area (Å²) >= 11 is 0. The molecular formula is C12H21N3O3. The average molecular weight is 255 g/mol. The van der Waals surface area contributed by atoms with Crippen LogP contribution in [0.25, 0.3) is 0 Å². The number of amides is 3. The summed E-state index contributed by atoms with van der Waals surface area (Å²) in [6.45, 7) is 5.41. The molecule has 6 nitrogen and oxygen atoms in total. The quantitative estimate of drug-likeness (QED) is 0.722. The third-order valence-electron chi connectivity index (χ3n) is 3.50. The Morgan fingerprint density at radius 3 is 2.44 bits per heavy atom. The zero-order valence-electron chi connectivity index (χ0n) is 11.4. The van der Waals surface area contributed by atoms with E-state index in [-0.39, 0.29) is 17.7 Å². The van der Waals surface area contributed by atoms with Gasteiger partial charge < -0.3 is 15.5 Å². The molecule has 1 heterocycles. The molecule has 0 aromatic rings. The summed E-state index contributed by atoms with van der Waals surface area (Å²) in [4.78, 5) is 36.7. The van der Waals surface area contributed by atoms with E-state index in [0.717, 1.165) is 6.42 Å². The topological polar surface area (TPSA) is 78.5 Å². The summed E-state index contributed by atoms with van der Waals surface area (Å²) in [6, 6.07) is -0.603. The normalized spacial score (nSPS) is 24.6. The van der Waals surface area contributed by atoms with Gasteiger partial charge in [-0.2, -0.15) is 0 Å². The van der Waals surface area contributed by atoms with Crippen LogP contribution in [0.15, 0.2) is 0 Å². The molecule has 0 aromatic heterocycles. The average Bonchev–Trinajstić information content (AvgIpc) is 2.71. The van der Waals surface area contributed by atoms with Gasteiger partial charge in [0.15, 0.2) is 0 Å². The van der Waals surface area contributed by atoms with E-state index in [1.54, 1.807) is 18.7 Å². The lowest BCUT2D eigenvalue weighted by atomic mass is 9.97. The van der Waals surface area contributed by atoms with Crippen LogP contribution < -0.4 is 10.6 Å². The van der Waals surface area contributed by atoms with Gasteiger partial charge in [-0.15, -0.1) is 0 Å². The predicted octanol–water partition coefficient (Wildman–Crippen LogP) is -0.362. The van der Waals surface area contributed by atoms with E-state index < -0.39 is 11.6 Å². The summed E-state index contributed by atoms with van der Waals surface area (Å²) in [6.07, 6.45) is 1.43. The molecule has 2 N–H and O–H groups in total. The Hall–Kier alpha value is -1.59. The molecule has 1 aliphatic heterocycles. The lowest BCUT2D eigenvalue weighted by Crippen LogP contribution is -2.58. The molecule has 102 valence electrons. The van der Waals surface area contributed by atoms with Crippen LogP contribution in [0.3, 0.4) is 0 Å². The van der Waals surface area contributed by atoms with Crippen LogP contribution in [0.2, 0.25) is 0 Å². The lowest BCUT2D eigenvalue weighted by Gasteiger charge is -2.33. The molecule has 3 amide bonds. The number of likely N-dealkylation sites (N-methyl/N-ethyl adjacent to an activating group) is 1. The van der Waals surface area contributed by atoms with Crippen LogP contribution in [0.4, 0.5) is 0 Å². The number of likely N-dealkylation sites (tertiary alicyclic amines) is 1. The Kier molecular flexibility index (Phi) is 4.32. The van der Waals surface area contributed by atoms with Crippen LogP contribution in [-0.2, 0) is 14.4 Å². The molecule has 1 rings (SSSR count). The fourth-order valence-corrected chi connectivity index (χ4v) is 2.34. The molecule has 0 saturated carbocycles. The standard InChI is InChI=1S/C12H21N3O3/c1-8(10(17)13-4)14-11(18)12(3)6-5-7-15(12)9(2)16/h8H,5-7H2,1-4H3,(H,13,17)(H,14,18)/t8-,12-/m0/s1. The van der Waals surface area contributed by atoms with Gasteiger partial charge >= 0.3 is 0 Å². The smallest absolute Gasteiger partial charge is 0.246 e. The minimum Gasteiger partial charge on any atom is -0.357 e. The van der Waals surface area contributed by atoms with E-state index in [9.17, 15) is 14.4 Å². The van der Waals surface area contributed by atoms with Crippen molar-refractivity contribution >= 4 is 17.7 Å². The molecular weight excluding hydrogens is 234 g/mol. The molecule has 6 heteroatoms. The first-order chi connectivity index (χ1) is 8.32. The highest BCUT2D eigenvalue weighted by molar-refractivity contribution is 5.94.